The van der Waals surface area contributed by atoms with Gasteiger partial charge < -0.3 is 0 Å². The molecule has 1 aliphatic rings. The standard InChI is InChI=1S/C17H16O/c1-3-13-9-11-15(12-10-13)17(18)16-8-6-5-7-14(16)4-2/h2-3,9-12H,1,5-8H2. The van der Waals surface area contributed by atoms with Gasteiger partial charge in [-0.25, -0.2) is 0 Å². The predicted octanol–water partition coefficient (Wildman–Crippen LogP) is 4.02. The van der Waals surface area contributed by atoms with Crippen LogP contribution in [0.25, 0.3) is 6.08 Å². The summed E-state index contributed by atoms with van der Waals surface area (Å²) in [6.45, 7) is 3.70. The normalized spacial score (nSPS) is 15.1. The highest BCUT2D eigenvalue weighted by Gasteiger charge is 2.19. The molecule has 0 radical (unpaired) electrons. The van der Waals surface area contributed by atoms with Gasteiger partial charge >= 0.3 is 0 Å². The van der Waals surface area contributed by atoms with E-state index in [0.29, 0.717) is 5.56 Å². The van der Waals surface area contributed by atoms with E-state index in [4.69, 9.17) is 6.42 Å². The first-order chi connectivity index (χ1) is 8.76. The molecule has 0 spiro atoms. The maximum atomic E-state index is 12.4. The molecular formula is C17H16O. The second-order valence-corrected chi connectivity index (χ2v) is 4.46. The smallest absolute Gasteiger partial charge is 0.189 e. The lowest BCUT2D eigenvalue weighted by Gasteiger charge is -2.15. The molecule has 0 atom stereocenters. The van der Waals surface area contributed by atoms with E-state index in [1.165, 1.54) is 0 Å². The lowest BCUT2D eigenvalue weighted by atomic mass is 9.87. The van der Waals surface area contributed by atoms with Gasteiger partial charge in [-0.1, -0.05) is 42.8 Å². The number of benzene rings is 1. The summed E-state index contributed by atoms with van der Waals surface area (Å²) in [7, 11) is 0. The summed E-state index contributed by atoms with van der Waals surface area (Å²) in [4.78, 5) is 12.4. The van der Waals surface area contributed by atoms with Crippen molar-refractivity contribution in [3.05, 3.63) is 53.1 Å². The van der Waals surface area contributed by atoms with Gasteiger partial charge in [0.15, 0.2) is 5.78 Å². The largest absolute Gasteiger partial charge is 0.289 e. The Kier molecular flexibility index (Phi) is 3.79. The van der Waals surface area contributed by atoms with Crippen LogP contribution in [0.15, 0.2) is 42.0 Å². The minimum atomic E-state index is 0.0817. The number of Topliss-reactive ketones (excluding diaryl/α,β-unsaturated/α-hetero) is 1. The van der Waals surface area contributed by atoms with E-state index in [1.807, 2.05) is 24.3 Å². The third-order valence-electron chi connectivity index (χ3n) is 3.32. The molecule has 90 valence electrons. The van der Waals surface area contributed by atoms with E-state index in [0.717, 1.165) is 42.4 Å². The van der Waals surface area contributed by atoms with Gasteiger partial charge in [0.05, 0.1) is 0 Å². The Morgan fingerprint density at radius 2 is 1.89 bits per heavy atom. The number of carbonyl (C=O) groups excluding carboxylic acids is 1. The molecule has 0 heterocycles. The maximum absolute atomic E-state index is 12.4. The van der Waals surface area contributed by atoms with Crippen molar-refractivity contribution in [3.8, 4) is 12.3 Å². The van der Waals surface area contributed by atoms with Gasteiger partial charge in [0.25, 0.3) is 0 Å². The van der Waals surface area contributed by atoms with Crippen LogP contribution in [-0.2, 0) is 0 Å². The number of carbonyl (C=O) groups is 1. The average Bonchev–Trinajstić information content (AvgIpc) is 2.46. The molecule has 0 bridgehead atoms. The van der Waals surface area contributed by atoms with E-state index >= 15 is 0 Å². The van der Waals surface area contributed by atoms with Crippen LogP contribution in [0.3, 0.4) is 0 Å². The van der Waals surface area contributed by atoms with Gasteiger partial charge in [-0.15, -0.1) is 6.42 Å². The van der Waals surface area contributed by atoms with Crippen LogP contribution in [0.4, 0.5) is 0 Å². The van der Waals surface area contributed by atoms with Gasteiger partial charge in [-0.05, 0) is 31.2 Å². The number of rotatable bonds is 3. The Labute approximate surface area is 108 Å². The first-order valence-electron chi connectivity index (χ1n) is 6.22. The van der Waals surface area contributed by atoms with Crippen LogP contribution in [0.1, 0.15) is 41.6 Å². The van der Waals surface area contributed by atoms with E-state index in [9.17, 15) is 4.79 Å². The minimum Gasteiger partial charge on any atom is -0.289 e. The molecule has 2 rings (SSSR count). The molecule has 0 amide bonds. The minimum absolute atomic E-state index is 0.0817. The number of hydrogen-bond donors (Lipinski definition) is 0. The van der Waals surface area contributed by atoms with Crippen molar-refractivity contribution < 1.29 is 4.79 Å². The molecule has 1 aliphatic carbocycles. The summed E-state index contributed by atoms with van der Waals surface area (Å²) in [5, 5.41) is 0. The Morgan fingerprint density at radius 1 is 1.22 bits per heavy atom. The van der Waals surface area contributed by atoms with Crippen molar-refractivity contribution in [1.82, 2.24) is 0 Å². The zero-order valence-corrected chi connectivity index (χ0v) is 10.4. The second kappa shape index (κ2) is 5.51. The third-order valence-corrected chi connectivity index (χ3v) is 3.32. The number of allylic oxidation sites excluding steroid dienone is 2. The van der Waals surface area contributed by atoms with Gasteiger partial charge in [0, 0.05) is 16.7 Å². The Morgan fingerprint density at radius 3 is 2.50 bits per heavy atom. The van der Waals surface area contributed by atoms with Crippen molar-refractivity contribution in [2.45, 2.75) is 25.7 Å². The van der Waals surface area contributed by atoms with Crippen LogP contribution >= 0.6 is 0 Å². The lowest BCUT2D eigenvalue weighted by Crippen LogP contribution is -2.10. The molecule has 0 unspecified atom stereocenters. The highest BCUT2D eigenvalue weighted by atomic mass is 16.1. The second-order valence-electron chi connectivity index (χ2n) is 4.46. The van der Waals surface area contributed by atoms with Crippen molar-refractivity contribution >= 4 is 11.9 Å². The zero-order valence-electron chi connectivity index (χ0n) is 10.4. The molecule has 0 fully saturated rings. The summed E-state index contributed by atoms with van der Waals surface area (Å²) in [6, 6.07) is 7.49. The molecule has 0 aliphatic heterocycles. The molecule has 18 heavy (non-hydrogen) atoms. The molecule has 0 saturated carbocycles. The van der Waals surface area contributed by atoms with Gasteiger partial charge in [0.1, 0.15) is 0 Å². The molecular weight excluding hydrogens is 220 g/mol. The third kappa shape index (κ3) is 2.43. The van der Waals surface area contributed by atoms with Gasteiger partial charge in [-0.3, -0.25) is 4.79 Å². The topological polar surface area (TPSA) is 17.1 Å². The Bertz CT molecular complexity index is 538. The molecule has 0 saturated heterocycles. The number of terminal acetylenes is 1. The molecule has 0 aromatic heterocycles. The van der Waals surface area contributed by atoms with Crippen molar-refractivity contribution in [2.24, 2.45) is 0 Å². The van der Waals surface area contributed by atoms with E-state index in [-0.39, 0.29) is 5.78 Å². The van der Waals surface area contributed by atoms with Crippen molar-refractivity contribution in [2.75, 3.05) is 0 Å². The van der Waals surface area contributed by atoms with Crippen molar-refractivity contribution in [1.29, 1.82) is 0 Å². The van der Waals surface area contributed by atoms with E-state index in [1.54, 1.807) is 6.08 Å². The predicted molar refractivity (Wildman–Crippen MR) is 75.2 cm³/mol. The van der Waals surface area contributed by atoms with Crippen LogP contribution < -0.4 is 0 Å². The number of hydrogen-bond acceptors (Lipinski definition) is 1. The first-order valence-corrected chi connectivity index (χ1v) is 6.22. The van der Waals surface area contributed by atoms with Crippen molar-refractivity contribution in [3.63, 3.8) is 0 Å². The maximum Gasteiger partial charge on any atom is 0.189 e. The summed E-state index contributed by atoms with van der Waals surface area (Å²) in [5.74, 6) is 2.75. The zero-order chi connectivity index (χ0) is 13.0. The van der Waals surface area contributed by atoms with Gasteiger partial charge in [0.2, 0.25) is 0 Å². The van der Waals surface area contributed by atoms with Crippen LogP contribution in [-0.4, -0.2) is 5.78 Å². The number of ketones is 1. The molecule has 0 N–H and O–H groups in total. The molecule has 1 aromatic rings. The Hall–Kier alpha value is -2.07. The summed E-state index contributed by atoms with van der Waals surface area (Å²) in [5.41, 5.74) is 3.45. The monoisotopic (exact) mass is 236 g/mol. The fourth-order valence-electron chi connectivity index (χ4n) is 2.26. The highest BCUT2D eigenvalue weighted by Crippen LogP contribution is 2.27. The molecule has 1 aromatic carbocycles. The quantitative estimate of drug-likeness (QED) is 0.572. The van der Waals surface area contributed by atoms with E-state index < -0.39 is 0 Å². The van der Waals surface area contributed by atoms with Crippen LogP contribution in [0.5, 0.6) is 0 Å². The highest BCUT2D eigenvalue weighted by molar-refractivity contribution is 6.09. The summed E-state index contributed by atoms with van der Waals surface area (Å²) >= 11 is 0. The SMILES string of the molecule is C#CC1=C(C(=O)c2ccc(C=C)cc2)CCCC1. The Balaban J connectivity index is 2.32. The molecule has 1 heteroatoms. The first kappa shape index (κ1) is 12.4. The summed E-state index contributed by atoms with van der Waals surface area (Å²) in [6.07, 6.45) is 11.1. The fourth-order valence-corrected chi connectivity index (χ4v) is 2.26. The van der Waals surface area contributed by atoms with Gasteiger partial charge in [-0.2, -0.15) is 0 Å². The fraction of sp³-hybridized carbons (Fsp3) is 0.235. The lowest BCUT2D eigenvalue weighted by molar-refractivity contribution is 0.102. The van der Waals surface area contributed by atoms with E-state index in [2.05, 4.69) is 12.5 Å². The molecule has 1 nitrogen and oxygen atoms in total. The summed E-state index contributed by atoms with van der Waals surface area (Å²) < 4.78 is 0. The van der Waals surface area contributed by atoms with Crippen LogP contribution in [0, 0.1) is 12.3 Å². The average molecular weight is 236 g/mol. The van der Waals surface area contributed by atoms with Crippen LogP contribution in [0.2, 0.25) is 0 Å².